The molecule has 40 heavy (non-hydrogen) atoms. The Labute approximate surface area is 236 Å². The van der Waals surface area contributed by atoms with Crippen molar-refractivity contribution in [3.05, 3.63) is 72.3 Å². The van der Waals surface area contributed by atoms with E-state index in [1.54, 1.807) is 24.2 Å². The van der Waals surface area contributed by atoms with E-state index in [-0.39, 0.29) is 23.6 Å². The summed E-state index contributed by atoms with van der Waals surface area (Å²) >= 11 is 0. The van der Waals surface area contributed by atoms with Gasteiger partial charge in [-0.15, -0.1) is 0 Å². The number of carbonyl (C=O) groups is 1. The SMILES string of the molecule is C=N/C=C(\NC)c1ccc(-c2ccc(-c3cnc(C4CCCN4C(=O)[C@@H](NS(=O)(=O)CC)C(C)C)[nH]3)cc2)cc1. The largest absolute Gasteiger partial charge is 0.386 e. The van der Waals surface area contributed by atoms with E-state index < -0.39 is 16.1 Å². The van der Waals surface area contributed by atoms with E-state index in [2.05, 4.69) is 56.0 Å². The molecule has 10 heteroatoms. The summed E-state index contributed by atoms with van der Waals surface area (Å²) in [7, 11) is -1.66. The van der Waals surface area contributed by atoms with Crippen LogP contribution in [0.5, 0.6) is 0 Å². The lowest BCUT2D eigenvalue weighted by Gasteiger charge is -2.30. The third kappa shape index (κ3) is 6.51. The highest BCUT2D eigenvalue weighted by atomic mass is 32.2. The van der Waals surface area contributed by atoms with Crippen LogP contribution in [0, 0.1) is 5.92 Å². The second-order valence-corrected chi connectivity index (χ2v) is 12.3. The predicted octanol–water partition coefficient (Wildman–Crippen LogP) is 4.59. The monoisotopic (exact) mass is 562 g/mol. The second kappa shape index (κ2) is 12.6. The van der Waals surface area contributed by atoms with Crippen molar-refractivity contribution < 1.29 is 13.2 Å². The van der Waals surface area contributed by atoms with Crippen molar-refractivity contribution in [1.29, 1.82) is 0 Å². The Hall–Kier alpha value is -3.76. The number of imidazole rings is 1. The van der Waals surface area contributed by atoms with Crippen LogP contribution >= 0.6 is 0 Å². The van der Waals surface area contributed by atoms with Crippen LogP contribution in [-0.4, -0.2) is 61.3 Å². The molecule has 2 aromatic carbocycles. The topological polar surface area (TPSA) is 120 Å². The zero-order valence-corrected chi connectivity index (χ0v) is 24.3. The molecule has 2 heterocycles. The Morgan fingerprint density at radius 3 is 2.35 bits per heavy atom. The molecule has 1 saturated heterocycles. The lowest BCUT2D eigenvalue weighted by atomic mass is 10.0. The Balaban J connectivity index is 1.50. The molecule has 1 amide bonds. The number of nitrogens with zero attached hydrogens (tertiary/aromatic N) is 3. The van der Waals surface area contributed by atoms with Gasteiger partial charge in [0.2, 0.25) is 15.9 Å². The minimum Gasteiger partial charge on any atom is -0.386 e. The van der Waals surface area contributed by atoms with Crippen molar-refractivity contribution >= 4 is 28.3 Å². The van der Waals surface area contributed by atoms with Crippen molar-refractivity contribution in [2.45, 2.75) is 45.7 Å². The minimum absolute atomic E-state index is 0.0688. The average Bonchev–Trinajstić information content (AvgIpc) is 3.65. The lowest BCUT2D eigenvalue weighted by molar-refractivity contribution is -0.135. The standard InChI is InChI=1S/C30H38N6O3S/c1-6-40(38,39)35-28(20(2)3)30(37)36-17-7-8-27(36)29-33-19-26(34-29)24-15-11-22(12-16-24)21-9-13-23(14-10-21)25(32-5)18-31-4/h9-16,18-20,27-28,32,35H,4,6-8,17H2,1-3,5H3,(H,33,34)/b25-18-/t27?,28-/m0/s1. The van der Waals surface area contributed by atoms with Crippen molar-refractivity contribution in [3.8, 4) is 22.4 Å². The molecule has 0 radical (unpaired) electrons. The van der Waals surface area contributed by atoms with E-state index in [4.69, 9.17) is 0 Å². The number of sulfonamides is 1. The van der Waals surface area contributed by atoms with Crippen molar-refractivity contribution in [1.82, 2.24) is 24.9 Å². The zero-order valence-electron chi connectivity index (χ0n) is 23.5. The number of hydrogen-bond acceptors (Lipinski definition) is 6. The number of aromatic nitrogens is 2. The van der Waals surface area contributed by atoms with Crippen LogP contribution in [-0.2, 0) is 14.8 Å². The quantitative estimate of drug-likeness (QED) is 0.295. The van der Waals surface area contributed by atoms with E-state index in [9.17, 15) is 13.2 Å². The zero-order chi connectivity index (χ0) is 28.9. The van der Waals surface area contributed by atoms with Crippen LogP contribution in [0.25, 0.3) is 28.1 Å². The summed E-state index contributed by atoms with van der Waals surface area (Å²) in [5.74, 6) is 0.258. The molecule has 0 aliphatic carbocycles. The summed E-state index contributed by atoms with van der Waals surface area (Å²) in [6.07, 6.45) is 5.09. The van der Waals surface area contributed by atoms with Gasteiger partial charge in [0.15, 0.2) is 0 Å². The van der Waals surface area contributed by atoms with Gasteiger partial charge in [0.05, 0.1) is 29.4 Å². The number of amides is 1. The predicted molar refractivity (Wildman–Crippen MR) is 161 cm³/mol. The molecule has 0 bridgehead atoms. The number of likely N-dealkylation sites (tertiary alicyclic amines) is 1. The van der Waals surface area contributed by atoms with E-state index >= 15 is 0 Å². The van der Waals surface area contributed by atoms with Crippen molar-refractivity contribution in [2.24, 2.45) is 10.9 Å². The molecule has 1 aliphatic rings. The molecular formula is C30H38N6O3S. The molecule has 3 aromatic rings. The molecule has 4 rings (SSSR count). The molecule has 9 nitrogen and oxygen atoms in total. The average molecular weight is 563 g/mol. The fourth-order valence-corrected chi connectivity index (χ4v) is 5.88. The summed E-state index contributed by atoms with van der Waals surface area (Å²) in [6.45, 7) is 9.36. The number of hydrogen-bond donors (Lipinski definition) is 3. The van der Waals surface area contributed by atoms with Gasteiger partial charge in [0.1, 0.15) is 11.9 Å². The first-order valence-electron chi connectivity index (χ1n) is 13.6. The van der Waals surface area contributed by atoms with Gasteiger partial charge < -0.3 is 15.2 Å². The fraction of sp³-hybridized carbons (Fsp3) is 0.367. The number of rotatable bonds is 11. The van der Waals surface area contributed by atoms with E-state index in [0.717, 1.165) is 46.5 Å². The maximum atomic E-state index is 13.5. The fourth-order valence-electron chi connectivity index (χ4n) is 4.95. The van der Waals surface area contributed by atoms with E-state index in [0.29, 0.717) is 12.4 Å². The second-order valence-electron chi connectivity index (χ2n) is 10.2. The summed E-state index contributed by atoms with van der Waals surface area (Å²) < 4.78 is 27.1. The number of H-pyrrole nitrogens is 1. The van der Waals surface area contributed by atoms with Crippen LogP contribution < -0.4 is 10.0 Å². The molecule has 2 atom stereocenters. The molecule has 1 unspecified atom stereocenters. The van der Waals surface area contributed by atoms with Crippen LogP contribution in [0.4, 0.5) is 0 Å². The molecule has 1 fully saturated rings. The first-order valence-corrected chi connectivity index (χ1v) is 15.2. The number of aliphatic imine (C=N–C) groups is 1. The highest BCUT2D eigenvalue weighted by Crippen LogP contribution is 2.33. The van der Waals surface area contributed by atoms with Gasteiger partial charge in [-0.25, -0.2) is 18.1 Å². The number of nitrogens with one attached hydrogen (secondary N) is 3. The normalized spacial score (nSPS) is 16.8. The van der Waals surface area contributed by atoms with E-state index in [1.165, 1.54) is 0 Å². The Bertz CT molecular complexity index is 1460. The van der Waals surface area contributed by atoms with Gasteiger partial charge >= 0.3 is 0 Å². The van der Waals surface area contributed by atoms with Crippen LogP contribution in [0.15, 0.2) is 65.9 Å². The van der Waals surface area contributed by atoms with Crippen LogP contribution in [0.1, 0.15) is 51.0 Å². The molecule has 0 spiro atoms. The Kier molecular flexibility index (Phi) is 9.21. The summed E-state index contributed by atoms with van der Waals surface area (Å²) in [4.78, 5) is 27.1. The molecule has 3 N–H and O–H groups in total. The Morgan fingerprint density at radius 2 is 1.77 bits per heavy atom. The van der Waals surface area contributed by atoms with Gasteiger partial charge in [-0.3, -0.25) is 9.79 Å². The molecule has 1 aromatic heterocycles. The summed E-state index contributed by atoms with van der Waals surface area (Å²) in [6, 6.07) is 15.5. The lowest BCUT2D eigenvalue weighted by Crippen LogP contribution is -2.51. The smallest absolute Gasteiger partial charge is 0.241 e. The third-order valence-electron chi connectivity index (χ3n) is 7.28. The third-order valence-corrected chi connectivity index (χ3v) is 8.65. The van der Waals surface area contributed by atoms with Gasteiger partial charge in [-0.05, 0) is 54.7 Å². The highest BCUT2D eigenvalue weighted by Gasteiger charge is 2.38. The molecular weight excluding hydrogens is 524 g/mol. The maximum absolute atomic E-state index is 13.5. The van der Waals surface area contributed by atoms with Crippen LogP contribution in [0.3, 0.4) is 0 Å². The molecule has 212 valence electrons. The number of aromatic amines is 1. The number of benzene rings is 2. The van der Waals surface area contributed by atoms with Crippen LogP contribution in [0.2, 0.25) is 0 Å². The van der Waals surface area contributed by atoms with Crippen molar-refractivity contribution in [3.63, 3.8) is 0 Å². The minimum atomic E-state index is -3.52. The van der Waals surface area contributed by atoms with E-state index in [1.807, 2.05) is 45.2 Å². The Morgan fingerprint density at radius 1 is 1.15 bits per heavy atom. The van der Waals surface area contributed by atoms with Crippen molar-refractivity contribution in [2.75, 3.05) is 19.3 Å². The number of carbonyl (C=O) groups excluding carboxylic acids is 1. The first kappa shape index (κ1) is 29.2. The molecule has 0 saturated carbocycles. The maximum Gasteiger partial charge on any atom is 0.241 e. The van der Waals surface area contributed by atoms with Gasteiger partial charge in [-0.1, -0.05) is 62.4 Å². The van der Waals surface area contributed by atoms with Gasteiger partial charge in [0, 0.05) is 19.8 Å². The highest BCUT2D eigenvalue weighted by molar-refractivity contribution is 7.89. The van der Waals surface area contributed by atoms with Gasteiger partial charge in [-0.2, -0.15) is 0 Å². The summed E-state index contributed by atoms with van der Waals surface area (Å²) in [5.41, 5.74) is 5.97. The summed E-state index contributed by atoms with van der Waals surface area (Å²) in [5, 5.41) is 3.13. The first-order chi connectivity index (χ1) is 19.2. The van der Waals surface area contributed by atoms with Gasteiger partial charge in [0.25, 0.3) is 0 Å². The molecule has 1 aliphatic heterocycles.